The van der Waals surface area contributed by atoms with E-state index >= 15 is 0 Å². The van der Waals surface area contributed by atoms with Crippen molar-refractivity contribution in [2.24, 2.45) is 5.10 Å². The van der Waals surface area contributed by atoms with Gasteiger partial charge in [-0.3, -0.25) is 9.59 Å². The molecule has 5 nitrogen and oxygen atoms in total. The predicted molar refractivity (Wildman–Crippen MR) is 108 cm³/mol. The lowest BCUT2D eigenvalue weighted by Gasteiger charge is -2.17. The topological polar surface area (TPSA) is 70.6 Å². The number of nitrogens with zero attached hydrogens (tertiary/aromatic N) is 1. The molecule has 0 heterocycles. The summed E-state index contributed by atoms with van der Waals surface area (Å²) in [6.07, 6.45) is 3.16. The van der Waals surface area contributed by atoms with E-state index in [1.165, 1.54) is 5.56 Å². The molecule has 2 aromatic rings. The van der Waals surface area contributed by atoms with E-state index in [9.17, 15) is 9.59 Å². The monoisotopic (exact) mass is 363 g/mol. The Morgan fingerprint density at radius 2 is 1.78 bits per heavy atom. The number of carbonyl (C=O) groups excluding carboxylic acids is 2. The van der Waals surface area contributed by atoms with Gasteiger partial charge in [0.2, 0.25) is 11.8 Å². The molecule has 5 heteroatoms. The summed E-state index contributed by atoms with van der Waals surface area (Å²) in [6, 6.07) is 14.0. The molecule has 1 aliphatic rings. The van der Waals surface area contributed by atoms with Crippen LogP contribution in [0.2, 0.25) is 0 Å². The van der Waals surface area contributed by atoms with E-state index in [1.54, 1.807) is 0 Å². The molecule has 140 valence electrons. The van der Waals surface area contributed by atoms with E-state index in [0.717, 1.165) is 47.4 Å². The molecule has 2 amide bonds. The van der Waals surface area contributed by atoms with E-state index in [1.807, 2.05) is 50.2 Å². The van der Waals surface area contributed by atoms with Gasteiger partial charge in [-0.2, -0.15) is 5.10 Å². The van der Waals surface area contributed by atoms with Crippen LogP contribution in [0.3, 0.4) is 0 Å². The Morgan fingerprint density at radius 1 is 1.00 bits per heavy atom. The van der Waals surface area contributed by atoms with Crippen LogP contribution in [0.15, 0.2) is 47.6 Å². The molecule has 0 spiro atoms. The highest BCUT2D eigenvalue weighted by atomic mass is 16.2. The molecule has 0 bridgehead atoms. The maximum absolute atomic E-state index is 12.1. The van der Waals surface area contributed by atoms with Gasteiger partial charge in [-0.1, -0.05) is 36.4 Å². The number of benzene rings is 2. The van der Waals surface area contributed by atoms with Gasteiger partial charge >= 0.3 is 0 Å². The van der Waals surface area contributed by atoms with Gasteiger partial charge in [-0.15, -0.1) is 0 Å². The number of nitrogens with one attached hydrogen (secondary N) is 2. The lowest BCUT2D eigenvalue weighted by molar-refractivity contribution is -0.124. The Balaban J connectivity index is 1.52. The molecule has 0 saturated carbocycles. The first-order chi connectivity index (χ1) is 13.0. The molecule has 0 radical (unpaired) electrons. The number of fused-ring (bicyclic) bond motifs is 1. The lowest BCUT2D eigenvalue weighted by Crippen LogP contribution is -2.23. The number of hydrazone groups is 1. The zero-order valence-corrected chi connectivity index (χ0v) is 15.8. The van der Waals surface area contributed by atoms with Crippen LogP contribution in [0.1, 0.15) is 47.9 Å². The highest BCUT2D eigenvalue weighted by molar-refractivity contribution is 6.03. The van der Waals surface area contributed by atoms with Crippen molar-refractivity contribution in [3.05, 3.63) is 64.7 Å². The highest BCUT2D eigenvalue weighted by Crippen LogP contribution is 2.21. The summed E-state index contributed by atoms with van der Waals surface area (Å²) in [5.41, 5.74) is 8.76. The van der Waals surface area contributed by atoms with Gasteiger partial charge in [0, 0.05) is 24.1 Å². The Morgan fingerprint density at radius 3 is 2.63 bits per heavy atom. The average molecular weight is 363 g/mol. The van der Waals surface area contributed by atoms with Crippen LogP contribution in [0.4, 0.5) is 5.69 Å². The summed E-state index contributed by atoms with van der Waals surface area (Å²) in [7, 11) is 0. The van der Waals surface area contributed by atoms with Crippen LogP contribution >= 0.6 is 0 Å². The molecule has 2 aromatic carbocycles. The van der Waals surface area contributed by atoms with E-state index in [2.05, 4.69) is 21.9 Å². The third-order valence-electron chi connectivity index (χ3n) is 4.75. The number of hydrogen-bond acceptors (Lipinski definition) is 3. The first-order valence-corrected chi connectivity index (χ1v) is 9.34. The Bertz CT molecular complexity index is 887. The van der Waals surface area contributed by atoms with Gasteiger partial charge in [-0.25, -0.2) is 5.43 Å². The van der Waals surface area contributed by atoms with Crippen LogP contribution in [-0.4, -0.2) is 17.5 Å². The Hall–Kier alpha value is -2.95. The second-order valence-corrected chi connectivity index (χ2v) is 6.97. The third-order valence-corrected chi connectivity index (χ3v) is 4.75. The molecule has 0 saturated heterocycles. The summed E-state index contributed by atoms with van der Waals surface area (Å²) < 4.78 is 0. The van der Waals surface area contributed by atoms with Crippen molar-refractivity contribution in [2.75, 3.05) is 5.32 Å². The molecule has 1 aliphatic carbocycles. The van der Waals surface area contributed by atoms with E-state index in [-0.39, 0.29) is 24.7 Å². The van der Waals surface area contributed by atoms with Crippen molar-refractivity contribution in [1.82, 2.24) is 5.43 Å². The number of anilines is 1. The number of rotatable bonds is 5. The average Bonchev–Trinajstić information content (AvgIpc) is 2.67. The standard InChI is InChI=1S/C22H25N3O2/c1-15-10-11-16(2)20(14-15)23-21(26)12-13-22(27)25-24-19-9-5-7-17-6-3-4-8-18(17)19/h3-4,6,8,10-11,14H,5,7,9,12-13H2,1-2H3,(H,23,26)(H,25,27)/b24-19+. The first-order valence-electron chi connectivity index (χ1n) is 9.34. The van der Waals surface area contributed by atoms with Gasteiger partial charge in [0.05, 0.1) is 5.71 Å². The number of hydrogen-bond donors (Lipinski definition) is 2. The first kappa shape index (κ1) is 18.8. The molecule has 0 unspecified atom stereocenters. The van der Waals surface area contributed by atoms with Gasteiger partial charge in [-0.05, 0) is 55.9 Å². The number of aryl methyl sites for hydroxylation is 3. The fraction of sp³-hybridized carbons (Fsp3) is 0.318. The maximum atomic E-state index is 12.1. The fourth-order valence-electron chi connectivity index (χ4n) is 3.21. The van der Waals surface area contributed by atoms with Crippen molar-refractivity contribution >= 4 is 23.2 Å². The predicted octanol–water partition coefficient (Wildman–Crippen LogP) is 3.88. The van der Waals surface area contributed by atoms with E-state index in [0.29, 0.717) is 0 Å². The van der Waals surface area contributed by atoms with Gasteiger partial charge < -0.3 is 5.32 Å². The van der Waals surface area contributed by atoms with Gasteiger partial charge in [0.1, 0.15) is 0 Å². The molecule has 2 N–H and O–H groups in total. The van der Waals surface area contributed by atoms with Crippen LogP contribution in [0.25, 0.3) is 0 Å². The van der Waals surface area contributed by atoms with Crippen molar-refractivity contribution in [3.63, 3.8) is 0 Å². The smallest absolute Gasteiger partial charge is 0.240 e. The van der Waals surface area contributed by atoms with Crippen LogP contribution < -0.4 is 10.7 Å². The van der Waals surface area contributed by atoms with Crippen molar-refractivity contribution in [1.29, 1.82) is 0 Å². The summed E-state index contributed by atoms with van der Waals surface area (Å²) in [5.74, 6) is -0.420. The fourth-order valence-corrected chi connectivity index (χ4v) is 3.21. The maximum Gasteiger partial charge on any atom is 0.240 e. The molecular formula is C22H25N3O2. The van der Waals surface area contributed by atoms with Crippen molar-refractivity contribution < 1.29 is 9.59 Å². The van der Waals surface area contributed by atoms with Crippen LogP contribution in [0, 0.1) is 13.8 Å². The minimum Gasteiger partial charge on any atom is -0.326 e. The van der Waals surface area contributed by atoms with Gasteiger partial charge in [0.15, 0.2) is 0 Å². The third kappa shape index (κ3) is 5.03. The van der Waals surface area contributed by atoms with Crippen molar-refractivity contribution in [2.45, 2.75) is 46.0 Å². The second kappa shape index (κ2) is 8.62. The van der Waals surface area contributed by atoms with Crippen molar-refractivity contribution in [3.8, 4) is 0 Å². The summed E-state index contributed by atoms with van der Waals surface area (Å²) in [5, 5.41) is 7.17. The van der Waals surface area contributed by atoms with Crippen LogP contribution in [-0.2, 0) is 16.0 Å². The molecule has 0 fully saturated rings. The molecule has 27 heavy (non-hydrogen) atoms. The summed E-state index contributed by atoms with van der Waals surface area (Å²) in [6.45, 7) is 3.92. The molecular weight excluding hydrogens is 338 g/mol. The number of carbonyl (C=O) groups is 2. The van der Waals surface area contributed by atoms with E-state index in [4.69, 9.17) is 0 Å². The highest BCUT2D eigenvalue weighted by Gasteiger charge is 2.15. The molecule has 0 atom stereocenters. The minimum atomic E-state index is -0.248. The minimum absolute atomic E-state index is 0.106. The normalized spacial score (nSPS) is 14.5. The molecule has 0 aliphatic heterocycles. The zero-order chi connectivity index (χ0) is 19.2. The largest absolute Gasteiger partial charge is 0.326 e. The zero-order valence-electron chi connectivity index (χ0n) is 15.8. The summed E-state index contributed by atoms with van der Waals surface area (Å²) >= 11 is 0. The molecule has 3 rings (SSSR count). The second-order valence-electron chi connectivity index (χ2n) is 6.97. The SMILES string of the molecule is Cc1ccc(C)c(NC(=O)CCC(=O)N/N=C2\CCCc3ccccc32)c1. The van der Waals surface area contributed by atoms with Gasteiger partial charge in [0.25, 0.3) is 0 Å². The number of amides is 2. The molecule has 0 aromatic heterocycles. The quantitative estimate of drug-likeness (QED) is 0.792. The van der Waals surface area contributed by atoms with Crippen LogP contribution in [0.5, 0.6) is 0 Å². The van der Waals surface area contributed by atoms with E-state index < -0.39 is 0 Å². The Labute approximate surface area is 159 Å². The Kier molecular flexibility index (Phi) is 6.01. The summed E-state index contributed by atoms with van der Waals surface area (Å²) in [4.78, 5) is 24.2. The lowest BCUT2D eigenvalue weighted by atomic mass is 9.90.